The normalized spacial score (nSPS) is 11.6. The molecule has 11 aromatic rings. The molecule has 0 spiro atoms. The molecule has 0 atom stereocenters. The maximum atomic E-state index is 6.86. The summed E-state index contributed by atoms with van der Waals surface area (Å²) in [5.41, 5.74) is 12.5. The van der Waals surface area contributed by atoms with E-state index in [1.165, 1.54) is 22.3 Å². The molecule has 0 saturated heterocycles. The molecule has 56 heavy (non-hydrogen) atoms. The van der Waals surface area contributed by atoms with Crippen molar-refractivity contribution < 1.29 is 4.42 Å². The van der Waals surface area contributed by atoms with Crippen molar-refractivity contribution in [2.45, 2.75) is 0 Å². The monoisotopic (exact) mass is 716 g/mol. The summed E-state index contributed by atoms with van der Waals surface area (Å²) in [5.74, 6) is 1.85. The maximum absolute atomic E-state index is 6.86. The van der Waals surface area contributed by atoms with Gasteiger partial charge in [0.1, 0.15) is 11.2 Å². The summed E-state index contributed by atoms with van der Waals surface area (Å²) in [6.07, 6.45) is 0. The zero-order valence-corrected chi connectivity index (χ0v) is 30.2. The number of benzene rings is 8. The van der Waals surface area contributed by atoms with Gasteiger partial charge in [-0.25, -0.2) is 15.0 Å². The Balaban J connectivity index is 1.03. The van der Waals surface area contributed by atoms with Gasteiger partial charge in [0.2, 0.25) is 0 Å². The van der Waals surface area contributed by atoms with Crippen LogP contribution in [0.4, 0.5) is 0 Å². The third kappa shape index (κ3) is 5.37. The van der Waals surface area contributed by atoms with Crippen LogP contribution in [0.5, 0.6) is 0 Å². The Morgan fingerprint density at radius 1 is 0.339 bits per heavy atom. The predicted octanol–water partition coefficient (Wildman–Crippen LogP) is 13.2. The fourth-order valence-electron chi connectivity index (χ4n) is 7.95. The van der Waals surface area contributed by atoms with E-state index in [4.69, 9.17) is 19.4 Å². The summed E-state index contributed by atoms with van der Waals surface area (Å²) in [7, 11) is 0. The van der Waals surface area contributed by atoms with Crippen LogP contribution >= 0.6 is 0 Å². The van der Waals surface area contributed by atoms with Crippen LogP contribution in [-0.4, -0.2) is 19.5 Å². The summed E-state index contributed by atoms with van der Waals surface area (Å²) in [4.78, 5) is 14.8. The van der Waals surface area contributed by atoms with Gasteiger partial charge in [0.05, 0.1) is 16.4 Å². The second kappa shape index (κ2) is 13.0. The van der Waals surface area contributed by atoms with E-state index in [9.17, 15) is 0 Å². The van der Waals surface area contributed by atoms with E-state index in [0.29, 0.717) is 17.5 Å². The van der Waals surface area contributed by atoms with Crippen LogP contribution in [0.2, 0.25) is 0 Å². The first-order valence-electron chi connectivity index (χ1n) is 18.8. The zero-order valence-electron chi connectivity index (χ0n) is 30.2. The van der Waals surface area contributed by atoms with Gasteiger partial charge in [-0.15, -0.1) is 0 Å². The van der Waals surface area contributed by atoms with Crippen LogP contribution in [0.3, 0.4) is 0 Å². The maximum Gasteiger partial charge on any atom is 0.164 e. The molecule has 5 nitrogen and oxygen atoms in total. The lowest BCUT2D eigenvalue weighted by atomic mass is 9.99. The van der Waals surface area contributed by atoms with Crippen LogP contribution in [0.1, 0.15) is 0 Å². The van der Waals surface area contributed by atoms with E-state index < -0.39 is 0 Å². The number of hydrogen-bond donors (Lipinski definition) is 0. The fraction of sp³-hybridized carbons (Fsp3) is 0. The van der Waals surface area contributed by atoms with E-state index >= 15 is 0 Å². The molecule has 11 rings (SSSR count). The van der Waals surface area contributed by atoms with Gasteiger partial charge in [-0.05, 0) is 70.8 Å². The Kier molecular flexibility index (Phi) is 7.42. The van der Waals surface area contributed by atoms with Crippen molar-refractivity contribution in [2.75, 3.05) is 0 Å². The highest BCUT2D eigenvalue weighted by molar-refractivity contribution is 6.24. The lowest BCUT2D eigenvalue weighted by Gasteiger charge is -2.10. The minimum atomic E-state index is 0.594. The molecule has 0 N–H and O–H groups in total. The van der Waals surface area contributed by atoms with Gasteiger partial charge in [0, 0.05) is 38.5 Å². The highest BCUT2D eigenvalue weighted by Gasteiger charge is 2.20. The van der Waals surface area contributed by atoms with E-state index in [-0.39, 0.29) is 0 Å². The van der Waals surface area contributed by atoms with Gasteiger partial charge in [-0.2, -0.15) is 0 Å². The van der Waals surface area contributed by atoms with Gasteiger partial charge in [0.25, 0.3) is 0 Å². The topological polar surface area (TPSA) is 56.7 Å². The summed E-state index contributed by atoms with van der Waals surface area (Å²) in [5, 5.41) is 4.35. The van der Waals surface area contributed by atoms with Crippen molar-refractivity contribution in [3.8, 4) is 62.1 Å². The molecule has 0 radical (unpaired) electrons. The quantitative estimate of drug-likeness (QED) is 0.172. The van der Waals surface area contributed by atoms with Crippen LogP contribution in [0.15, 0.2) is 199 Å². The van der Waals surface area contributed by atoms with Crippen LogP contribution in [0.25, 0.3) is 106 Å². The van der Waals surface area contributed by atoms with E-state index in [1.807, 2.05) is 60.7 Å². The van der Waals surface area contributed by atoms with Crippen molar-refractivity contribution in [1.82, 2.24) is 19.5 Å². The Labute approximate surface area is 322 Å². The largest absolute Gasteiger partial charge is 0.455 e. The smallest absolute Gasteiger partial charge is 0.164 e. The molecular weight excluding hydrogens is 685 g/mol. The molecule has 0 unspecified atom stereocenters. The number of fused-ring (bicyclic) bond motifs is 7. The van der Waals surface area contributed by atoms with Crippen molar-refractivity contribution in [3.05, 3.63) is 194 Å². The Morgan fingerprint density at radius 3 is 1.52 bits per heavy atom. The highest BCUT2D eigenvalue weighted by atomic mass is 16.3. The predicted molar refractivity (Wildman–Crippen MR) is 229 cm³/mol. The lowest BCUT2D eigenvalue weighted by molar-refractivity contribution is 0.673. The number of furan rings is 1. The number of rotatable bonds is 6. The van der Waals surface area contributed by atoms with Gasteiger partial charge in [-0.3, -0.25) is 0 Å². The summed E-state index contributed by atoms with van der Waals surface area (Å²) >= 11 is 0. The number of aromatic nitrogens is 4. The minimum absolute atomic E-state index is 0.594. The summed E-state index contributed by atoms with van der Waals surface area (Å²) in [6.45, 7) is 0. The molecule has 5 heteroatoms. The van der Waals surface area contributed by atoms with Gasteiger partial charge >= 0.3 is 0 Å². The molecule has 3 aromatic heterocycles. The van der Waals surface area contributed by atoms with E-state index in [1.54, 1.807) is 0 Å². The molecule has 8 aromatic carbocycles. The molecule has 0 fully saturated rings. The fourth-order valence-corrected chi connectivity index (χ4v) is 7.95. The summed E-state index contributed by atoms with van der Waals surface area (Å²) in [6, 6.07) is 67.5. The van der Waals surface area contributed by atoms with Crippen molar-refractivity contribution in [3.63, 3.8) is 0 Å². The number of nitrogens with zero attached hydrogens (tertiary/aromatic N) is 4. The molecule has 0 saturated carbocycles. The first-order valence-corrected chi connectivity index (χ1v) is 18.8. The average Bonchev–Trinajstić information content (AvgIpc) is 3.83. The molecular formula is C51H32N4O. The van der Waals surface area contributed by atoms with Crippen LogP contribution < -0.4 is 0 Å². The third-order valence-corrected chi connectivity index (χ3v) is 10.7. The van der Waals surface area contributed by atoms with Crippen LogP contribution in [-0.2, 0) is 0 Å². The lowest BCUT2D eigenvalue weighted by Crippen LogP contribution is -2.00. The summed E-state index contributed by atoms with van der Waals surface area (Å²) < 4.78 is 9.20. The second-order valence-electron chi connectivity index (χ2n) is 14.0. The number of hydrogen-bond acceptors (Lipinski definition) is 4. The highest BCUT2D eigenvalue weighted by Crippen LogP contribution is 2.41. The minimum Gasteiger partial charge on any atom is -0.455 e. The Morgan fingerprint density at radius 2 is 0.857 bits per heavy atom. The second-order valence-corrected chi connectivity index (χ2v) is 14.0. The molecule has 0 aliphatic carbocycles. The SMILES string of the molecule is c1ccc(-c2cccc(-c3ccc(-n4c5ccccc5c5c6oc7cc(-c8nc(-c9ccccc9)nc(-c9ccccc9)n8)ccc7c6ccc54)cc3)c2)cc1. The first kappa shape index (κ1) is 31.9. The Hall–Kier alpha value is -7.63. The van der Waals surface area contributed by atoms with Gasteiger partial charge in [-0.1, -0.05) is 146 Å². The molecule has 0 aliphatic heterocycles. The van der Waals surface area contributed by atoms with Crippen LogP contribution in [0, 0.1) is 0 Å². The molecule has 262 valence electrons. The molecule has 3 heterocycles. The third-order valence-electron chi connectivity index (χ3n) is 10.7. The van der Waals surface area contributed by atoms with Gasteiger partial charge in [0.15, 0.2) is 17.5 Å². The molecule has 0 aliphatic rings. The Bertz CT molecular complexity index is 3160. The average molecular weight is 717 g/mol. The molecule has 0 bridgehead atoms. The number of para-hydroxylation sites is 1. The standard InChI is InChI=1S/C51H32N4O/c1-4-13-33(14-5-1)37-19-12-20-38(31-37)34-23-26-40(27-24-34)55-44-22-11-10-21-43(44)47-45(55)30-29-42-41-28-25-39(32-46(41)56-48(42)47)51-53-49(35-15-6-2-7-16-35)52-50(54-51)36-17-8-3-9-18-36/h1-32H. The van der Waals surface area contributed by atoms with Crippen molar-refractivity contribution >= 4 is 43.7 Å². The zero-order chi connectivity index (χ0) is 37.0. The first-order chi connectivity index (χ1) is 27.7. The van der Waals surface area contributed by atoms with Crippen molar-refractivity contribution in [1.29, 1.82) is 0 Å². The van der Waals surface area contributed by atoms with Crippen molar-refractivity contribution in [2.24, 2.45) is 0 Å². The van der Waals surface area contributed by atoms with E-state index in [2.05, 4.69) is 138 Å². The van der Waals surface area contributed by atoms with Gasteiger partial charge < -0.3 is 8.98 Å². The molecule has 0 amide bonds. The van der Waals surface area contributed by atoms with E-state index in [0.717, 1.165) is 66.1 Å².